The third-order valence-electron chi connectivity index (χ3n) is 5.39. The van der Waals surface area contributed by atoms with Crippen molar-refractivity contribution in [2.24, 2.45) is 11.7 Å². The quantitative estimate of drug-likeness (QED) is 0.630. The highest BCUT2D eigenvalue weighted by Gasteiger charge is 2.37. The maximum atomic E-state index is 14.9. The lowest BCUT2D eigenvalue weighted by atomic mass is 10.1. The molecule has 0 saturated heterocycles. The molecule has 1 fully saturated rings. The molecule has 32 heavy (non-hydrogen) atoms. The van der Waals surface area contributed by atoms with Crippen LogP contribution in [0.1, 0.15) is 18.4 Å². The van der Waals surface area contributed by atoms with Gasteiger partial charge in [0.2, 0.25) is 11.9 Å². The molecule has 2 aromatic heterocycles. The van der Waals surface area contributed by atoms with Crippen LogP contribution in [0.2, 0.25) is 0 Å². The Morgan fingerprint density at radius 2 is 2.03 bits per heavy atom. The predicted octanol–water partition coefficient (Wildman–Crippen LogP) is 3.15. The standard InChI is InChI=1S/C22H20F2N6O2/c23-15-7-14(8-17-20(15)32-6-5-30(17)21(31)13-2-3-13)19-16(24)11-27-22(29-19)28-18-4-1-12(9-25)10-26-18/h1,4,7-8,10-11,13H,2-3,5-6,9,25H2,(H,26,27,28,29). The van der Waals surface area contributed by atoms with E-state index in [1.54, 1.807) is 18.3 Å². The predicted molar refractivity (Wildman–Crippen MR) is 113 cm³/mol. The van der Waals surface area contributed by atoms with Crippen molar-refractivity contribution in [2.75, 3.05) is 23.4 Å². The van der Waals surface area contributed by atoms with E-state index in [4.69, 9.17) is 10.5 Å². The molecule has 0 atom stereocenters. The maximum absolute atomic E-state index is 14.9. The molecule has 5 rings (SSSR count). The third kappa shape index (κ3) is 3.84. The van der Waals surface area contributed by atoms with Gasteiger partial charge in [-0.05, 0) is 36.6 Å². The maximum Gasteiger partial charge on any atom is 0.230 e. The summed E-state index contributed by atoms with van der Waals surface area (Å²) in [6.45, 7) is 0.876. The molecule has 10 heteroatoms. The van der Waals surface area contributed by atoms with Gasteiger partial charge in [0.15, 0.2) is 17.4 Å². The van der Waals surface area contributed by atoms with E-state index in [2.05, 4.69) is 20.3 Å². The van der Waals surface area contributed by atoms with Crippen molar-refractivity contribution in [2.45, 2.75) is 19.4 Å². The number of anilines is 3. The van der Waals surface area contributed by atoms with Crippen LogP contribution in [-0.2, 0) is 11.3 Å². The number of pyridine rings is 1. The van der Waals surface area contributed by atoms with Gasteiger partial charge in [0.05, 0.1) is 18.4 Å². The number of halogens is 2. The van der Waals surface area contributed by atoms with Gasteiger partial charge < -0.3 is 20.7 Å². The summed E-state index contributed by atoms with van der Waals surface area (Å²) < 4.78 is 34.9. The number of nitrogens with zero attached hydrogens (tertiary/aromatic N) is 4. The van der Waals surface area contributed by atoms with Gasteiger partial charge in [-0.2, -0.15) is 0 Å². The molecule has 164 valence electrons. The number of nitrogens with one attached hydrogen (secondary N) is 1. The number of nitrogens with two attached hydrogens (primary N) is 1. The molecule has 3 heterocycles. The summed E-state index contributed by atoms with van der Waals surface area (Å²) in [4.78, 5) is 26.6. The normalized spacial score (nSPS) is 15.2. The molecule has 1 saturated carbocycles. The Hall–Kier alpha value is -3.66. The van der Waals surface area contributed by atoms with E-state index in [1.165, 1.54) is 11.0 Å². The number of ether oxygens (including phenoxy) is 1. The summed E-state index contributed by atoms with van der Waals surface area (Å²) in [6.07, 6.45) is 4.25. The van der Waals surface area contributed by atoms with Gasteiger partial charge in [-0.3, -0.25) is 4.79 Å². The van der Waals surface area contributed by atoms with Gasteiger partial charge in [0.25, 0.3) is 0 Å². The minimum atomic E-state index is -0.724. The number of fused-ring (bicyclic) bond motifs is 1. The zero-order valence-electron chi connectivity index (χ0n) is 17.0. The molecule has 0 unspecified atom stereocenters. The summed E-state index contributed by atoms with van der Waals surface area (Å²) in [5.41, 5.74) is 6.78. The van der Waals surface area contributed by atoms with Crippen molar-refractivity contribution in [3.63, 3.8) is 0 Å². The summed E-state index contributed by atoms with van der Waals surface area (Å²) in [5, 5.41) is 2.90. The van der Waals surface area contributed by atoms with Gasteiger partial charge in [-0.25, -0.2) is 23.7 Å². The largest absolute Gasteiger partial charge is 0.486 e. The van der Waals surface area contributed by atoms with Gasteiger partial charge in [0.1, 0.15) is 18.1 Å². The smallest absolute Gasteiger partial charge is 0.230 e. The third-order valence-corrected chi connectivity index (χ3v) is 5.39. The average Bonchev–Trinajstić information content (AvgIpc) is 3.65. The fourth-order valence-electron chi connectivity index (χ4n) is 3.56. The van der Waals surface area contributed by atoms with Crippen molar-refractivity contribution < 1.29 is 18.3 Å². The van der Waals surface area contributed by atoms with E-state index < -0.39 is 11.6 Å². The highest BCUT2D eigenvalue weighted by atomic mass is 19.1. The van der Waals surface area contributed by atoms with E-state index in [9.17, 15) is 13.6 Å². The van der Waals surface area contributed by atoms with E-state index in [0.29, 0.717) is 18.9 Å². The first-order chi connectivity index (χ1) is 15.5. The second kappa shape index (κ2) is 8.12. The number of hydrogen-bond donors (Lipinski definition) is 2. The van der Waals surface area contributed by atoms with Gasteiger partial charge in [-0.1, -0.05) is 6.07 Å². The van der Waals surface area contributed by atoms with Crippen LogP contribution in [0.15, 0.2) is 36.7 Å². The van der Waals surface area contributed by atoms with Crippen LogP contribution in [0.4, 0.5) is 26.2 Å². The van der Waals surface area contributed by atoms with Crippen molar-refractivity contribution >= 4 is 23.4 Å². The van der Waals surface area contributed by atoms with Gasteiger partial charge in [0, 0.05) is 24.2 Å². The lowest BCUT2D eigenvalue weighted by molar-refractivity contribution is -0.120. The second-order valence-electron chi connectivity index (χ2n) is 7.69. The zero-order valence-corrected chi connectivity index (χ0v) is 17.0. The van der Waals surface area contributed by atoms with Crippen molar-refractivity contribution in [1.82, 2.24) is 15.0 Å². The molecule has 3 aromatic rings. The molecule has 1 amide bonds. The number of carbonyl (C=O) groups is 1. The molecular weight excluding hydrogens is 418 g/mol. The van der Waals surface area contributed by atoms with Crippen LogP contribution in [0.5, 0.6) is 5.75 Å². The Balaban J connectivity index is 1.50. The summed E-state index contributed by atoms with van der Waals surface area (Å²) >= 11 is 0. The highest BCUT2D eigenvalue weighted by molar-refractivity contribution is 5.98. The molecule has 0 radical (unpaired) electrons. The van der Waals surface area contributed by atoms with Crippen LogP contribution in [-0.4, -0.2) is 34.0 Å². The first-order valence-electron chi connectivity index (χ1n) is 10.3. The Bertz CT molecular complexity index is 1180. The molecule has 1 aliphatic heterocycles. The Kier molecular flexibility index (Phi) is 5.14. The highest BCUT2D eigenvalue weighted by Crippen LogP contribution is 2.41. The molecule has 1 aromatic carbocycles. The lowest BCUT2D eigenvalue weighted by Gasteiger charge is -2.30. The van der Waals surface area contributed by atoms with E-state index in [0.717, 1.165) is 30.7 Å². The monoisotopic (exact) mass is 438 g/mol. The van der Waals surface area contributed by atoms with Crippen LogP contribution < -0.4 is 20.7 Å². The minimum Gasteiger partial charge on any atom is -0.486 e. The Labute approximate surface area is 182 Å². The fraction of sp³-hybridized carbons (Fsp3) is 0.273. The van der Waals surface area contributed by atoms with Crippen LogP contribution in [0, 0.1) is 17.6 Å². The zero-order chi connectivity index (χ0) is 22.2. The van der Waals surface area contributed by atoms with Crippen LogP contribution in [0.3, 0.4) is 0 Å². The summed E-state index contributed by atoms with van der Waals surface area (Å²) in [6, 6.07) is 6.17. The first kappa shape index (κ1) is 20.3. The number of rotatable bonds is 5. The lowest BCUT2D eigenvalue weighted by Crippen LogP contribution is -2.39. The minimum absolute atomic E-state index is 0.00833. The molecule has 3 N–H and O–H groups in total. The van der Waals surface area contributed by atoms with E-state index >= 15 is 0 Å². The molecule has 2 aliphatic rings. The topological polar surface area (TPSA) is 106 Å². The van der Waals surface area contributed by atoms with Gasteiger partial charge >= 0.3 is 0 Å². The number of benzene rings is 1. The molecular formula is C22H20F2N6O2. The molecule has 1 aliphatic carbocycles. The van der Waals surface area contributed by atoms with Crippen molar-refractivity contribution in [3.05, 3.63) is 53.9 Å². The molecule has 0 bridgehead atoms. The van der Waals surface area contributed by atoms with Crippen LogP contribution >= 0.6 is 0 Å². The Morgan fingerprint density at radius 3 is 2.75 bits per heavy atom. The average molecular weight is 438 g/mol. The van der Waals surface area contributed by atoms with Gasteiger partial charge in [-0.15, -0.1) is 0 Å². The number of aromatic nitrogens is 3. The SMILES string of the molecule is NCc1ccc(Nc2ncc(F)c(-c3cc(F)c4c(c3)N(C(=O)C3CC3)CCO4)n2)nc1. The number of amides is 1. The first-order valence-corrected chi connectivity index (χ1v) is 10.3. The number of carbonyl (C=O) groups excluding carboxylic acids is 1. The van der Waals surface area contributed by atoms with E-state index in [1.807, 2.05) is 0 Å². The van der Waals surface area contributed by atoms with Crippen LogP contribution in [0.25, 0.3) is 11.3 Å². The molecule has 0 spiro atoms. The molecule has 8 nitrogen and oxygen atoms in total. The van der Waals surface area contributed by atoms with E-state index in [-0.39, 0.29) is 47.1 Å². The number of hydrogen-bond acceptors (Lipinski definition) is 7. The fourth-order valence-corrected chi connectivity index (χ4v) is 3.56. The van der Waals surface area contributed by atoms with Crippen molar-refractivity contribution in [3.8, 4) is 17.0 Å². The Morgan fingerprint density at radius 1 is 1.19 bits per heavy atom. The summed E-state index contributed by atoms with van der Waals surface area (Å²) in [5.74, 6) is -0.983. The summed E-state index contributed by atoms with van der Waals surface area (Å²) in [7, 11) is 0. The van der Waals surface area contributed by atoms with Crippen molar-refractivity contribution in [1.29, 1.82) is 0 Å². The second-order valence-corrected chi connectivity index (χ2v) is 7.69.